The van der Waals surface area contributed by atoms with Crippen molar-refractivity contribution in [3.8, 4) is 0 Å². The molecule has 17 heavy (non-hydrogen) atoms. The Kier molecular flexibility index (Phi) is 5.49. The van der Waals surface area contributed by atoms with E-state index in [1.165, 1.54) is 0 Å². The monoisotopic (exact) mass is 237 g/mol. The van der Waals surface area contributed by atoms with Crippen LogP contribution < -0.4 is 5.32 Å². The molecule has 0 fully saturated rings. The third kappa shape index (κ3) is 4.87. The molecule has 0 aliphatic heterocycles. The molecule has 1 aromatic rings. The highest BCUT2D eigenvalue weighted by atomic mass is 16.4. The van der Waals surface area contributed by atoms with Crippen LogP contribution in [0.2, 0.25) is 0 Å². The van der Waals surface area contributed by atoms with Crippen LogP contribution in [0.15, 0.2) is 24.3 Å². The van der Waals surface area contributed by atoms with Crippen molar-refractivity contribution in [1.29, 1.82) is 0 Å². The molecule has 4 nitrogen and oxygen atoms in total. The first-order valence-corrected chi connectivity index (χ1v) is 5.83. The Balaban J connectivity index is 2.57. The van der Waals surface area contributed by atoms with Gasteiger partial charge in [0.05, 0.1) is 0 Å². The lowest BCUT2D eigenvalue weighted by molar-refractivity contribution is 0.189. The lowest BCUT2D eigenvalue weighted by Gasteiger charge is -2.14. The second-order valence-electron chi connectivity index (χ2n) is 4.05. The number of nitrogens with one attached hydrogen (secondary N) is 1. The van der Waals surface area contributed by atoms with E-state index in [1.54, 1.807) is 0 Å². The normalized spacial score (nSPS) is 12.1. The minimum Gasteiger partial charge on any atom is -0.465 e. The summed E-state index contributed by atoms with van der Waals surface area (Å²) in [6, 6.07) is 7.86. The maximum Gasteiger partial charge on any atom is 0.404 e. The number of hydrogen-bond donors (Lipinski definition) is 3. The van der Waals surface area contributed by atoms with Gasteiger partial charge in [-0.3, -0.25) is 0 Å². The molecule has 0 aliphatic carbocycles. The summed E-state index contributed by atoms with van der Waals surface area (Å²) in [4.78, 5) is 10.6. The number of aliphatic hydroxyl groups is 1. The van der Waals surface area contributed by atoms with Crippen LogP contribution in [-0.2, 0) is 12.8 Å². The summed E-state index contributed by atoms with van der Waals surface area (Å²) in [5, 5.41) is 20.0. The third-order valence-electron chi connectivity index (χ3n) is 2.73. The summed E-state index contributed by atoms with van der Waals surface area (Å²) in [6.45, 7) is 2.11. The molecule has 3 N–H and O–H groups in total. The first-order valence-electron chi connectivity index (χ1n) is 5.83. The van der Waals surface area contributed by atoms with Gasteiger partial charge in [0.15, 0.2) is 0 Å². The quantitative estimate of drug-likeness (QED) is 0.706. The molecule has 94 valence electrons. The Morgan fingerprint density at radius 2 is 1.88 bits per heavy atom. The van der Waals surface area contributed by atoms with Crippen LogP contribution >= 0.6 is 0 Å². The Bertz CT molecular complexity index is 348. The number of hydrogen-bond acceptors (Lipinski definition) is 2. The molecule has 0 radical (unpaired) electrons. The molecule has 0 bridgehead atoms. The van der Waals surface area contributed by atoms with Crippen molar-refractivity contribution in [1.82, 2.24) is 5.32 Å². The number of carboxylic acid groups (broad SMARTS) is 1. The Morgan fingerprint density at radius 1 is 1.29 bits per heavy atom. The topological polar surface area (TPSA) is 69.6 Å². The van der Waals surface area contributed by atoms with Crippen molar-refractivity contribution in [2.45, 2.75) is 32.2 Å². The zero-order valence-corrected chi connectivity index (χ0v) is 10.0. The molecule has 1 atom stereocenters. The molecule has 0 heterocycles. The summed E-state index contributed by atoms with van der Waals surface area (Å²) in [5.74, 6) is 0. The average molecular weight is 237 g/mol. The molecule has 0 spiro atoms. The van der Waals surface area contributed by atoms with Crippen molar-refractivity contribution in [2.24, 2.45) is 0 Å². The van der Waals surface area contributed by atoms with E-state index in [-0.39, 0.29) is 12.6 Å². The van der Waals surface area contributed by atoms with Gasteiger partial charge in [-0.2, -0.15) is 0 Å². The smallest absolute Gasteiger partial charge is 0.404 e. The molecule has 4 heteroatoms. The van der Waals surface area contributed by atoms with Crippen LogP contribution in [0.5, 0.6) is 0 Å². The zero-order chi connectivity index (χ0) is 12.7. The number of amides is 1. The standard InChI is InChI=1S/C13H19NO3/c1-2-12(14-13(16)17)9-11-5-3-10(4-6-11)7-8-15/h3-6,12,14-15H,2,7-9H2,1H3,(H,16,17). The predicted molar refractivity (Wildman–Crippen MR) is 66.2 cm³/mol. The summed E-state index contributed by atoms with van der Waals surface area (Å²) in [7, 11) is 0. The van der Waals surface area contributed by atoms with Gasteiger partial charge >= 0.3 is 6.09 Å². The van der Waals surface area contributed by atoms with Crippen LogP contribution in [0.25, 0.3) is 0 Å². The van der Waals surface area contributed by atoms with Gasteiger partial charge in [0.1, 0.15) is 0 Å². The lowest BCUT2D eigenvalue weighted by atomic mass is 10.0. The van der Waals surface area contributed by atoms with Crippen LogP contribution in [-0.4, -0.2) is 29.0 Å². The summed E-state index contributed by atoms with van der Waals surface area (Å²) in [6.07, 6.45) is 1.14. The number of aliphatic hydroxyl groups excluding tert-OH is 1. The van der Waals surface area contributed by atoms with E-state index >= 15 is 0 Å². The minimum absolute atomic E-state index is 0.0452. The highest BCUT2D eigenvalue weighted by Gasteiger charge is 2.09. The molecule has 0 saturated heterocycles. The van der Waals surface area contributed by atoms with Gasteiger partial charge in [-0.25, -0.2) is 4.79 Å². The molecular formula is C13H19NO3. The van der Waals surface area contributed by atoms with Crippen molar-refractivity contribution < 1.29 is 15.0 Å². The maximum atomic E-state index is 10.6. The van der Waals surface area contributed by atoms with Crippen molar-refractivity contribution in [3.63, 3.8) is 0 Å². The molecule has 0 aliphatic rings. The van der Waals surface area contributed by atoms with Crippen LogP contribution in [0.4, 0.5) is 4.79 Å². The largest absolute Gasteiger partial charge is 0.465 e. The predicted octanol–water partition coefficient (Wildman–Crippen LogP) is 1.81. The van der Waals surface area contributed by atoms with Crippen molar-refractivity contribution in [3.05, 3.63) is 35.4 Å². The highest BCUT2D eigenvalue weighted by molar-refractivity contribution is 5.64. The first-order chi connectivity index (χ1) is 8.15. The van der Waals surface area contributed by atoms with Gasteiger partial charge in [-0.15, -0.1) is 0 Å². The van der Waals surface area contributed by atoms with Gasteiger partial charge in [-0.1, -0.05) is 31.2 Å². The Labute approximate surface area is 101 Å². The fourth-order valence-corrected chi connectivity index (χ4v) is 1.73. The lowest BCUT2D eigenvalue weighted by Crippen LogP contribution is -2.34. The molecule has 0 aromatic heterocycles. The third-order valence-corrected chi connectivity index (χ3v) is 2.73. The van der Waals surface area contributed by atoms with Gasteiger partial charge in [0, 0.05) is 12.6 Å². The van der Waals surface area contributed by atoms with Gasteiger partial charge in [0.25, 0.3) is 0 Å². The van der Waals surface area contributed by atoms with E-state index < -0.39 is 6.09 Å². The molecule has 0 saturated carbocycles. The minimum atomic E-state index is -0.978. The average Bonchev–Trinajstić information content (AvgIpc) is 2.30. The molecule has 1 amide bonds. The number of rotatable bonds is 6. The van der Waals surface area contributed by atoms with E-state index in [4.69, 9.17) is 10.2 Å². The van der Waals surface area contributed by atoms with Crippen molar-refractivity contribution in [2.75, 3.05) is 6.61 Å². The van der Waals surface area contributed by atoms with E-state index in [0.29, 0.717) is 12.8 Å². The fourth-order valence-electron chi connectivity index (χ4n) is 1.73. The summed E-state index contributed by atoms with van der Waals surface area (Å²) >= 11 is 0. The highest BCUT2D eigenvalue weighted by Crippen LogP contribution is 2.09. The molecule has 1 rings (SSSR count). The molecular weight excluding hydrogens is 218 g/mol. The Morgan fingerprint density at radius 3 is 2.35 bits per heavy atom. The van der Waals surface area contributed by atoms with E-state index in [9.17, 15) is 4.79 Å². The van der Waals surface area contributed by atoms with E-state index in [1.807, 2.05) is 31.2 Å². The summed E-state index contributed by atoms with van der Waals surface area (Å²) in [5.41, 5.74) is 2.20. The number of carbonyl (C=O) groups is 1. The van der Waals surface area contributed by atoms with Crippen LogP contribution in [0.1, 0.15) is 24.5 Å². The van der Waals surface area contributed by atoms with Gasteiger partial charge in [-0.05, 0) is 30.4 Å². The van der Waals surface area contributed by atoms with Crippen LogP contribution in [0.3, 0.4) is 0 Å². The van der Waals surface area contributed by atoms with E-state index in [0.717, 1.165) is 17.5 Å². The SMILES string of the molecule is CCC(Cc1ccc(CCO)cc1)NC(=O)O. The van der Waals surface area contributed by atoms with Crippen LogP contribution in [0, 0.1) is 0 Å². The molecule has 1 aromatic carbocycles. The second kappa shape index (κ2) is 6.91. The maximum absolute atomic E-state index is 10.6. The Hall–Kier alpha value is -1.55. The second-order valence-corrected chi connectivity index (χ2v) is 4.05. The molecule has 1 unspecified atom stereocenters. The van der Waals surface area contributed by atoms with Crippen molar-refractivity contribution >= 4 is 6.09 Å². The van der Waals surface area contributed by atoms with E-state index in [2.05, 4.69) is 5.32 Å². The van der Waals surface area contributed by atoms with Gasteiger partial charge in [0.2, 0.25) is 0 Å². The zero-order valence-electron chi connectivity index (χ0n) is 10.0. The first kappa shape index (κ1) is 13.5. The van der Waals surface area contributed by atoms with Gasteiger partial charge < -0.3 is 15.5 Å². The fraction of sp³-hybridized carbons (Fsp3) is 0.462. The summed E-state index contributed by atoms with van der Waals surface area (Å²) < 4.78 is 0. The number of benzene rings is 1.